The fraction of sp³-hybridized carbons (Fsp3) is 0.889. The minimum absolute atomic E-state index is 0.0186. The maximum Gasteiger partial charge on any atom is 0.342 e. The van der Waals surface area contributed by atoms with Gasteiger partial charge in [-0.2, -0.15) is 0 Å². The number of rotatable bonds is 15. The van der Waals surface area contributed by atoms with Gasteiger partial charge in [-0.1, -0.05) is 29.9 Å². The summed E-state index contributed by atoms with van der Waals surface area (Å²) in [6.45, 7) is 7.89. The highest BCUT2D eigenvalue weighted by molar-refractivity contribution is 5.77. The Hall–Kier alpha value is -1.34. The molecule has 0 saturated carbocycles. The molecule has 0 heterocycles. The second kappa shape index (κ2) is 14.6. The number of unbranched alkanes of at least 4 members (excludes halogenated alkanes) is 2. The molecule has 0 aliphatic carbocycles. The van der Waals surface area contributed by atoms with Crippen molar-refractivity contribution < 1.29 is 39.7 Å². The molecule has 172 valence electrons. The van der Waals surface area contributed by atoms with Crippen LogP contribution in [0.15, 0.2) is 0 Å². The van der Waals surface area contributed by atoms with Crippen LogP contribution in [0, 0.1) is 0 Å². The highest BCUT2D eigenvalue weighted by atomic mass is 16.7. The number of hydrogen-bond donors (Lipinski definition) is 5. The van der Waals surface area contributed by atoms with Gasteiger partial charge in [0.05, 0.1) is 0 Å². The van der Waals surface area contributed by atoms with Crippen LogP contribution >= 0.6 is 0 Å². The van der Waals surface area contributed by atoms with Crippen LogP contribution in [0.1, 0.15) is 66.7 Å². The lowest BCUT2D eigenvalue weighted by atomic mass is 10.1. The van der Waals surface area contributed by atoms with Gasteiger partial charge in [-0.05, 0) is 47.1 Å². The molecule has 5 atom stereocenters. The number of hydrogen-bond acceptors (Lipinski definition) is 11. The summed E-state index contributed by atoms with van der Waals surface area (Å²) in [5.74, 6) is -1.51. The van der Waals surface area contributed by atoms with E-state index in [4.69, 9.17) is 9.68 Å². The van der Waals surface area contributed by atoms with E-state index in [0.717, 1.165) is 29.4 Å². The number of aliphatic hydroxyl groups is 4. The first-order valence-electron chi connectivity index (χ1n) is 9.96. The van der Waals surface area contributed by atoms with Gasteiger partial charge in [-0.3, -0.25) is 4.79 Å². The molecule has 0 bridgehead atoms. The van der Waals surface area contributed by atoms with E-state index in [-0.39, 0.29) is 12.8 Å². The van der Waals surface area contributed by atoms with Crippen molar-refractivity contribution >= 4 is 11.9 Å². The van der Waals surface area contributed by atoms with Gasteiger partial charge in [-0.15, -0.1) is 0 Å². The summed E-state index contributed by atoms with van der Waals surface area (Å²) in [7, 11) is 0. The van der Waals surface area contributed by atoms with Crippen LogP contribution < -0.4 is 5.32 Å². The van der Waals surface area contributed by atoms with Crippen LogP contribution in [0.25, 0.3) is 0 Å². The van der Waals surface area contributed by atoms with Crippen LogP contribution in [0.3, 0.4) is 0 Å². The monoisotopic (exact) mass is 423 g/mol. The molecular weight excluding hydrogens is 386 g/mol. The van der Waals surface area contributed by atoms with Crippen LogP contribution in [0.2, 0.25) is 0 Å². The maximum atomic E-state index is 12.5. The average Bonchev–Trinajstić information content (AvgIpc) is 2.62. The van der Waals surface area contributed by atoms with E-state index in [9.17, 15) is 30.0 Å². The minimum atomic E-state index is -1.23. The fourth-order valence-electron chi connectivity index (χ4n) is 2.48. The van der Waals surface area contributed by atoms with Crippen molar-refractivity contribution in [1.29, 1.82) is 0 Å². The zero-order valence-corrected chi connectivity index (χ0v) is 17.9. The average molecular weight is 424 g/mol. The van der Waals surface area contributed by atoms with Gasteiger partial charge in [0.25, 0.3) is 0 Å². The normalized spacial score (nSPS) is 16.9. The Bertz CT molecular complexity index is 458. The Kier molecular flexibility index (Phi) is 13.9. The van der Waals surface area contributed by atoms with Crippen molar-refractivity contribution in [2.75, 3.05) is 6.54 Å². The lowest BCUT2D eigenvalue weighted by Crippen LogP contribution is -2.47. The predicted octanol–water partition coefficient (Wildman–Crippen LogP) is -0.211. The van der Waals surface area contributed by atoms with Gasteiger partial charge in [0.1, 0.15) is 31.0 Å². The quantitative estimate of drug-likeness (QED) is 0.135. The molecule has 0 fully saturated rings. The topological polar surface area (TPSA) is 152 Å². The summed E-state index contributed by atoms with van der Waals surface area (Å²) in [5, 5.41) is 42.8. The molecule has 0 aliphatic heterocycles. The smallest absolute Gasteiger partial charge is 0.342 e. The summed E-state index contributed by atoms with van der Waals surface area (Å²) >= 11 is 0. The van der Waals surface area contributed by atoms with Gasteiger partial charge >= 0.3 is 11.9 Å². The van der Waals surface area contributed by atoms with Gasteiger partial charge in [0.15, 0.2) is 0 Å². The third-order valence-electron chi connectivity index (χ3n) is 3.97. The first-order chi connectivity index (χ1) is 13.5. The fourth-order valence-corrected chi connectivity index (χ4v) is 2.48. The zero-order chi connectivity index (χ0) is 22.6. The predicted molar refractivity (Wildman–Crippen MR) is 103 cm³/mol. The highest BCUT2D eigenvalue weighted by Gasteiger charge is 2.28. The molecule has 29 heavy (non-hydrogen) atoms. The number of carbonyl (C=O) groups is 2. The van der Waals surface area contributed by atoms with E-state index in [1.54, 1.807) is 0 Å². The molecule has 5 N–H and O–H groups in total. The van der Waals surface area contributed by atoms with E-state index in [1.807, 2.05) is 6.92 Å². The number of carbonyl (C=O) groups excluding carboxylic acids is 2. The van der Waals surface area contributed by atoms with E-state index in [2.05, 4.69) is 5.32 Å². The van der Waals surface area contributed by atoms with E-state index in [1.165, 1.54) is 27.7 Å². The molecule has 0 rings (SSSR count). The summed E-state index contributed by atoms with van der Waals surface area (Å²) in [6.07, 6.45) is -2.28. The summed E-state index contributed by atoms with van der Waals surface area (Å²) in [5.41, 5.74) is 0. The Balaban J connectivity index is 4.93. The van der Waals surface area contributed by atoms with E-state index < -0.39 is 42.9 Å². The molecule has 0 aromatic heterocycles. The van der Waals surface area contributed by atoms with E-state index in [0.29, 0.717) is 6.54 Å². The van der Waals surface area contributed by atoms with Crippen LogP contribution in [0.5, 0.6) is 0 Å². The molecule has 0 spiro atoms. The van der Waals surface area contributed by atoms with Gasteiger partial charge in [-0.25, -0.2) is 4.79 Å². The van der Waals surface area contributed by atoms with Gasteiger partial charge in [0, 0.05) is 6.42 Å². The number of hydroxylamine groups is 4. The largest absolute Gasteiger partial charge is 0.375 e. The summed E-state index contributed by atoms with van der Waals surface area (Å²) < 4.78 is 0. The van der Waals surface area contributed by atoms with Crippen molar-refractivity contribution in [2.24, 2.45) is 0 Å². The van der Waals surface area contributed by atoms with Crippen molar-refractivity contribution in [3.63, 3.8) is 0 Å². The molecule has 0 aliphatic rings. The molecule has 11 heteroatoms. The Morgan fingerprint density at radius 1 is 0.862 bits per heavy atom. The van der Waals surface area contributed by atoms with Crippen molar-refractivity contribution in [2.45, 2.75) is 97.7 Å². The Morgan fingerprint density at radius 2 is 1.34 bits per heavy atom. The third-order valence-corrected chi connectivity index (χ3v) is 3.97. The van der Waals surface area contributed by atoms with Crippen LogP contribution in [-0.2, 0) is 19.3 Å². The van der Waals surface area contributed by atoms with Crippen molar-refractivity contribution in [3.05, 3.63) is 0 Å². The number of nitrogens with one attached hydrogen (secondary N) is 1. The molecule has 0 amide bonds. The van der Waals surface area contributed by atoms with Crippen molar-refractivity contribution in [1.82, 2.24) is 15.4 Å². The Morgan fingerprint density at radius 3 is 1.79 bits per heavy atom. The van der Waals surface area contributed by atoms with Crippen molar-refractivity contribution in [3.8, 4) is 0 Å². The first kappa shape index (κ1) is 27.7. The first-order valence-corrected chi connectivity index (χ1v) is 9.96. The summed E-state index contributed by atoms with van der Waals surface area (Å²) in [4.78, 5) is 34.5. The SMILES string of the molecule is CCCCCN[C@H](CCC(=O)ON(C(C)O)C(C)O)C(=O)ON(C(C)O)C(C)O. The summed E-state index contributed by atoms with van der Waals surface area (Å²) in [6, 6.07) is -0.883. The molecule has 11 nitrogen and oxygen atoms in total. The minimum Gasteiger partial charge on any atom is -0.375 e. The van der Waals surface area contributed by atoms with Crippen LogP contribution in [0.4, 0.5) is 0 Å². The molecule has 0 aromatic carbocycles. The number of nitrogens with zero attached hydrogens (tertiary/aromatic N) is 2. The molecular formula is C18H37N3O8. The van der Waals surface area contributed by atoms with E-state index >= 15 is 0 Å². The molecule has 0 radical (unpaired) electrons. The molecule has 0 aromatic rings. The lowest BCUT2D eigenvalue weighted by Gasteiger charge is -2.28. The third kappa shape index (κ3) is 11.4. The second-order valence-corrected chi connectivity index (χ2v) is 6.87. The molecule has 4 unspecified atom stereocenters. The Labute approximate surface area is 172 Å². The lowest BCUT2D eigenvalue weighted by molar-refractivity contribution is -0.279. The van der Waals surface area contributed by atoms with Crippen LogP contribution in [-0.4, -0.2) is 80.0 Å². The van der Waals surface area contributed by atoms with Gasteiger partial charge < -0.3 is 35.4 Å². The van der Waals surface area contributed by atoms with Gasteiger partial charge in [0.2, 0.25) is 0 Å². The second-order valence-electron chi connectivity index (χ2n) is 6.87. The highest BCUT2D eigenvalue weighted by Crippen LogP contribution is 2.10. The maximum absolute atomic E-state index is 12.5. The standard InChI is InChI=1S/C18H37N3O8/c1-6-7-8-11-19-16(18(27)29-21(14(4)24)15(5)25)9-10-17(26)28-20(12(2)22)13(3)23/h12-16,19,22-25H,6-11H2,1-5H3/t12?,13?,14?,15?,16-/m1/s1. The molecule has 0 saturated heterocycles. The number of aliphatic hydroxyl groups excluding tert-OH is 4. The zero-order valence-electron chi connectivity index (χ0n) is 17.9.